The first kappa shape index (κ1) is 17.5. The molecule has 1 fully saturated rings. The molecule has 0 aliphatic carbocycles. The van der Waals surface area contributed by atoms with E-state index in [0.29, 0.717) is 16.6 Å². The van der Waals surface area contributed by atoms with Crippen LogP contribution in [0.2, 0.25) is 10.0 Å². The van der Waals surface area contributed by atoms with Crippen LogP contribution < -0.4 is 4.90 Å². The summed E-state index contributed by atoms with van der Waals surface area (Å²) in [7, 11) is 0. The van der Waals surface area contributed by atoms with E-state index < -0.39 is 0 Å². The minimum atomic E-state index is 0.173. The zero-order valence-electron chi connectivity index (χ0n) is 13.9. The molecule has 128 valence electrons. The van der Waals surface area contributed by atoms with E-state index in [1.807, 2.05) is 36.6 Å². The van der Waals surface area contributed by atoms with Crippen LogP contribution in [-0.2, 0) is 4.74 Å². The number of hydrogen-bond donors (Lipinski definition) is 1. The van der Waals surface area contributed by atoms with E-state index in [1.54, 1.807) is 6.07 Å². The van der Waals surface area contributed by atoms with Crippen molar-refractivity contribution in [1.29, 1.82) is 0 Å². The standard InChI is InChI=1S/C18H20Cl2N2O2/c1-12-9-15(18(23)11-21-5-7-24-8-6-21)13(2)22(12)14-3-4-16(19)17(20)10-14/h3-4,9-10H,5-8,11H2,1-2H3/p+1. The minimum absolute atomic E-state index is 0.173. The summed E-state index contributed by atoms with van der Waals surface area (Å²) in [5.74, 6) is 0.173. The molecule has 0 radical (unpaired) electrons. The summed E-state index contributed by atoms with van der Waals surface area (Å²) in [5, 5.41) is 1.03. The third kappa shape index (κ3) is 3.52. The van der Waals surface area contributed by atoms with Gasteiger partial charge in [0, 0.05) is 22.6 Å². The smallest absolute Gasteiger partial charge is 0.218 e. The van der Waals surface area contributed by atoms with Gasteiger partial charge in [0.1, 0.15) is 19.6 Å². The Kier molecular flexibility index (Phi) is 5.30. The molecule has 3 rings (SSSR count). The van der Waals surface area contributed by atoms with Crippen molar-refractivity contribution >= 4 is 29.0 Å². The molecule has 1 saturated heterocycles. The van der Waals surface area contributed by atoms with Gasteiger partial charge in [-0.05, 0) is 38.1 Å². The maximum absolute atomic E-state index is 12.7. The molecule has 0 saturated carbocycles. The Morgan fingerprint density at radius 1 is 1.17 bits per heavy atom. The van der Waals surface area contributed by atoms with Gasteiger partial charge in [-0.2, -0.15) is 0 Å². The predicted molar refractivity (Wildman–Crippen MR) is 96.0 cm³/mol. The van der Waals surface area contributed by atoms with Crippen LogP contribution in [0.25, 0.3) is 5.69 Å². The largest absolute Gasteiger partial charge is 0.370 e. The highest BCUT2D eigenvalue weighted by Gasteiger charge is 2.22. The van der Waals surface area contributed by atoms with Gasteiger partial charge in [0.15, 0.2) is 0 Å². The molecule has 24 heavy (non-hydrogen) atoms. The van der Waals surface area contributed by atoms with Gasteiger partial charge in [-0.15, -0.1) is 0 Å². The topological polar surface area (TPSA) is 35.7 Å². The molecule has 1 aromatic heterocycles. The number of hydrogen-bond acceptors (Lipinski definition) is 2. The van der Waals surface area contributed by atoms with E-state index in [2.05, 4.69) is 0 Å². The van der Waals surface area contributed by atoms with Crippen molar-refractivity contribution in [2.24, 2.45) is 0 Å². The number of carbonyl (C=O) groups is 1. The van der Waals surface area contributed by atoms with Crippen LogP contribution in [0.3, 0.4) is 0 Å². The summed E-state index contributed by atoms with van der Waals surface area (Å²) in [6.45, 7) is 7.70. The molecule has 1 N–H and O–H groups in total. The average molecular weight is 368 g/mol. The van der Waals surface area contributed by atoms with Gasteiger partial charge in [0.05, 0.1) is 23.3 Å². The lowest BCUT2D eigenvalue weighted by Crippen LogP contribution is -3.14. The Labute approximate surface area is 151 Å². The van der Waals surface area contributed by atoms with Crippen LogP contribution in [-0.4, -0.2) is 43.2 Å². The molecular formula is C18H21Cl2N2O2+. The van der Waals surface area contributed by atoms with Gasteiger partial charge in [-0.3, -0.25) is 4.79 Å². The van der Waals surface area contributed by atoms with Crippen LogP contribution in [0.15, 0.2) is 24.3 Å². The average Bonchev–Trinajstić information content (AvgIpc) is 2.86. The highest BCUT2D eigenvalue weighted by molar-refractivity contribution is 6.42. The normalized spacial score (nSPS) is 15.7. The van der Waals surface area contributed by atoms with E-state index in [0.717, 1.165) is 48.9 Å². The highest BCUT2D eigenvalue weighted by Crippen LogP contribution is 2.27. The lowest BCUT2D eigenvalue weighted by atomic mass is 10.1. The van der Waals surface area contributed by atoms with Gasteiger partial charge >= 0.3 is 0 Å². The first-order chi connectivity index (χ1) is 11.5. The number of quaternary nitrogens is 1. The summed E-state index contributed by atoms with van der Waals surface area (Å²) in [6, 6.07) is 7.47. The summed E-state index contributed by atoms with van der Waals surface area (Å²) >= 11 is 12.1. The molecule has 2 aromatic rings. The molecule has 0 atom stereocenters. The van der Waals surface area contributed by atoms with Crippen molar-refractivity contribution in [3.05, 3.63) is 51.3 Å². The molecule has 0 unspecified atom stereocenters. The molecule has 0 spiro atoms. The van der Waals surface area contributed by atoms with E-state index >= 15 is 0 Å². The van der Waals surface area contributed by atoms with Gasteiger partial charge in [-0.1, -0.05) is 23.2 Å². The number of nitrogens with zero attached hydrogens (tertiary/aromatic N) is 1. The Bertz CT molecular complexity index is 765. The number of ether oxygens (including phenoxy) is 1. The van der Waals surface area contributed by atoms with E-state index in [-0.39, 0.29) is 5.78 Å². The summed E-state index contributed by atoms with van der Waals surface area (Å²) < 4.78 is 7.40. The number of benzene rings is 1. The first-order valence-electron chi connectivity index (χ1n) is 8.06. The number of carbonyl (C=O) groups excluding carboxylic acids is 1. The summed E-state index contributed by atoms with van der Waals surface area (Å²) in [6.07, 6.45) is 0. The number of halogens is 2. The van der Waals surface area contributed by atoms with Crippen molar-refractivity contribution in [2.75, 3.05) is 32.8 Å². The SMILES string of the molecule is Cc1cc(C(=O)C[NH+]2CCOCC2)c(C)n1-c1ccc(Cl)c(Cl)c1. The number of aryl methyl sites for hydroxylation is 1. The van der Waals surface area contributed by atoms with Crippen molar-refractivity contribution < 1.29 is 14.4 Å². The van der Waals surface area contributed by atoms with E-state index in [1.165, 1.54) is 4.90 Å². The predicted octanol–water partition coefficient (Wildman–Crippen LogP) is 2.50. The molecule has 1 aromatic carbocycles. The molecule has 1 aliphatic heterocycles. The zero-order valence-corrected chi connectivity index (χ0v) is 15.4. The monoisotopic (exact) mass is 367 g/mol. The van der Waals surface area contributed by atoms with Crippen LogP contribution in [0.4, 0.5) is 0 Å². The molecule has 4 nitrogen and oxygen atoms in total. The zero-order chi connectivity index (χ0) is 17.3. The first-order valence-corrected chi connectivity index (χ1v) is 8.82. The van der Waals surface area contributed by atoms with Crippen LogP contribution in [0.1, 0.15) is 21.7 Å². The number of aromatic nitrogens is 1. The number of nitrogens with one attached hydrogen (secondary N) is 1. The Balaban J connectivity index is 1.88. The summed E-state index contributed by atoms with van der Waals surface area (Å²) in [5.41, 5.74) is 3.63. The maximum Gasteiger partial charge on any atom is 0.218 e. The fourth-order valence-electron chi connectivity index (χ4n) is 3.23. The van der Waals surface area contributed by atoms with Crippen molar-refractivity contribution in [3.63, 3.8) is 0 Å². The van der Waals surface area contributed by atoms with Crippen molar-refractivity contribution in [2.45, 2.75) is 13.8 Å². The third-order valence-electron chi connectivity index (χ3n) is 4.50. The fraction of sp³-hybridized carbons (Fsp3) is 0.389. The van der Waals surface area contributed by atoms with Crippen molar-refractivity contribution in [1.82, 2.24) is 4.57 Å². The van der Waals surface area contributed by atoms with E-state index in [4.69, 9.17) is 27.9 Å². The highest BCUT2D eigenvalue weighted by atomic mass is 35.5. The van der Waals surface area contributed by atoms with Crippen LogP contribution >= 0.6 is 23.2 Å². The van der Waals surface area contributed by atoms with Gasteiger partial charge in [0.25, 0.3) is 0 Å². The molecule has 1 aliphatic rings. The maximum atomic E-state index is 12.7. The van der Waals surface area contributed by atoms with Gasteiger partial charge in [-0.25, -0.2) is 0 Å². The van der Waals surface area contributed by atoms with Gasteiger partial charge < -0.3 is 14.2 Å². The van der Waals surface area contributed by atoms with Gasteiger partial charge in [0.2, 0.25) is 5.78 Å². The number of Topliss-reactive ketones (excluding diaryl/α,β-unsaturated/α-hetero) is 1. The van der Waals surface area contributed by atoms with Crippen LogP contribution in [0, 0.1) is 13.8 Å². The Morgan fingerprint density at radius 2 is 1.88 bits per heavy atom. The second-order valence-electron chi connectivity index (χ2n) is 6.18. The number of morpholine rings is 1. The number of rotatable bonds is 4. The van der Waals surface area contributed by atoms with E-state index in [9.17, 15) is 4.79 Å². The Morgan fingerprint density at radius 3 is 2.54 bits per heavy atom. The fourth-order valence-corrected chi connectivity index (χ4v) is 3.52. The quantitative estimate of drug-likeness (QED) is 0.842. The minimum Gasteiger partial charge on any atom is -0.370 e. The van der Waals surface area contributed by atoms with Crippen LogP contribution in [0.5, 0.6) is 0 Å². The number of ketones is 1. The molecule has 0 bridgehead atoms. The lowest BCUT2D eigenvalue weighted by molar-refractivity contribution is -0.899. The molecule has 0 amide bonds. The van der Waals surface area contributed by atoms with Crippen molar-refractivity contribution in [3.8, 4) is 5.69 Å². The lowest BCUT2D eigenvalue weighted by Gasteiger charge is -2.23. The Hall–Kier alpha value is -1.33. The third-order valence-corrected chi connectivity index (χ3v) is 5.24. The molecule has 6 heteroatoms. The molecular weight excluding hydrogens is 347 g/mol. The second-order valence-corrected chi connectivity index (χ2v) is 7.00. The molecule has 2 heterocycles. The summed E-state index contributed by atoms with van der Waals surface area (Å²) in [4.78, 5) is 14.0. The second kappa shape index (κ2) is 7.28.